The predicted molar refractivity (Wildman–Crippen MR) is 118 cm³/mol. The molecule has 10 nitrogen and oxygen atoms in total. The van der Waals surface area contributed by atoms with Crippen LogP contribution in [-0.2, 0) is 30.5 Å². The Kier molecular flexibility index (Phi) is 11.4. The molecule has 0 saturated carbocycles. The standard InChI is InChI=1S/C22H30FN5O5/c1-13(2)20(31)27-18(9-10-19(25)30)22(33)28-17(8-7-16(29)11-24)21(32)26-12-14-3-5-15(23)6-4-14/h3-6,11,13,17-18,24H,7-10,12H2,1-2H3,(H2,25,30)(H,26,32)(H,27,31)(H,28,33)/t17-,18-/m0/s1. The SMILES string of the molecule is CC(C)C(=O)N[C@@H](CCC(N)=O)C(=O)N[C@@H](CCC(=O)C=N)C(=O)NCc1ccc(F)cc1. The maximum atomic E-state index is 13.1. The van der Waals surface area contributed by atoms with E-state index >= 15 is 0 Å². The summed E-state index contributed by atoms with van der Waals surface area (Å²) in [6, 6.07) is 3.20. The maximum absolute atomic E-state index is 13.1. The van der Waals surface area contributed by atoms with Crippen LogP contribution in [0.5, 0.6) is 0 Å². The Morgan fingerprint density at radius 1 is 0.939 bits per heavy atom. The van der Waals surface area contributed by atoms with Crippen molar-refractivity contribution in [2.24, 2.45) is 11.7 Å². The van der Waals surface area contributed by atoms with Gasteiger partial charge in [0.25, 0.3) is 0 Å². The average molecular weight is 464 g/mol. The summed E-state index contributed by atoms with van der Waals surface area (Å²) in [6.07, 6.45) is 0.138. The third kappa shape index (κ3) is 10.5. The second-order valence-electron chi connectivity index (χ2n) is 7.78. The van der Waals surface area contributed by atoms with E-state index in [0.717, 1.165) is 0 Å². The quantitative estimate of drug-likeness (QED) is 0.250. The topological polar surface area (TPSA) is 171 Å². The van der Waals surface area contributed by atoms with E-state index in [9.17, 15) is 28.4 Å². The fraction of sp³-hybridized carbons (Fsp3) is 0.455. The van der Waals surface area contributed by atoms with Gasteiger partial charge in [-0.25, -0.2) is 4.39 Å². The van der Waals surface area contributed by atoms with E-state index in [1.54, 1.807) is 13.8 Å². The van der Waals surface area contributed by atoms with Crippen molar-refractivity contribution in [3.63, 3.8) is 0 Å². The Bertz CT molecular complexity index is 872. The molecule has 1 aromatic carbocycles. The molecular weight excluding hydrogens is 433 g/mol. The number of nitrogens with two attached hydrogens (primary N) is 1. The van der Waals surface area contributed by atoms with Gasteiger partial charge < -0.3 is 27.1 Å². The fourth-order valence-corrected chi connectivity index (χ4v) is 2.71. The molecule has 1 rings (SSSR count). The van der Waals surface area contributed by atoms with Crippen LogP contribution in [0.25, 0.3) is 0 Å². The molecule has 33 heavy (non-hydrogen) atoms. The van der Waals surface area contributed by atoms with Crippen LogP contribution in [0.4, 0.5) is 4.39 Å². The number of carbonyl (C=O) groups is 5. The van der Waals surface area contributed by atoms with Gasteiger partial charge in [-0.3, -0.25) is 24.0 Å². The number of nitrogens with one attached hydrogen (secondary N) is 4. The number of benzene rings is 1. The summed E-state index contributed by atoms with van der Waals surface area (Å²) in [5.41, 5.74) is 5.77. The zero-order chi connectivity index (χ0) is 25.0. The second-order valence-corrected chi connectivity index (χ2v) is 7.78. The van der Waals surface area contributed by atoms with Gasteiger partial charge in [0.05, 0.1) is 6.21 Å². The molecule has 0 heterocycles. The van der Waals surface area contributed by atoms with Gasteiger partial charge in [0.2, 0.25) is 23.6 Å². The first-order valence-electron chi connectivity index (χ1n) is 10.5. The molecular formula is C22H30FN5O5. The lowest BCUT2D eigenvalue weighted by molar-refractivity contribution is -0.133. The van der Waals surface area contributed by atoms with E-state index in [0.29, 0.717) is 11.8 Å². The summed E-state index contributed by atoms with van der Waals surface area (Å²) in [5, 5.41) is 14.6. The maximum Gasteiger partial charge on any atom is 0.243 e. The monoisotopic (exact) mass is 463 g/mol. The summed E-state index contributed by atoms with van der Waals surface area (Å²) in [6.45, 7) is 3.32. The molecule has 0 spiro atoms. The molecule has 0 unspecified atom stereocenters. The van der Waals surface area contributed by atoms with Gasteiger partial charge in [0.1, 0.15) is 17.9 Å². The summed E-state index contributed by atoms with van der Waals surface area (Å²) >= 11 is 0. The molecule has 6 N–H and O–H groups in total. The number of ketones is 1. The molecule has 11 heteroatoms. The van der Waals surface area contributed by atoms with Crippen molar-refractivity contribution >= 4 is 35.6 Å². The Morgan fingerprint density at radius 3 is 2.03 bits per heavy atom. The number of amides is 4. The molecule has 180 valence electrons. The molecule has 0 aliphatic rings. The molecule has 0 saturated heterocycles. The first-order chi connectivity index (χ1) is 15.5. The summed E-state index contributed by atoms with van der Waals surface area (Å²) in [4.78, 5) is 60.3. The highest BCUT2D eigenvalue weighted by atomic mass is 19.1. The van der Waals surface area contributed by atoms with Gasteiger partial charge >= 0.3 is 0 Å². The van der Waals surface area contributed by atoms with E-state index in [1.807, 2.05) is 0 Å². The van der Waals surface area contributed by atoms with Crippen LogP contribution in [0, 0.1) is 17.1 Å². The van der Waals surface area contributed by atoms with Gasteiger partial charge in [-0.1, -0.05) is 26.0 Å². The van der Waals surface area contributed by atoms with Crippen molar-refractivity contribution < 1.29 is 28.4 Å². The second kappa shape index (κ2) is 13.7. The number of hydrogen-bond acceptors (Lipinski definition) is 6. The third-order valence-electron chi connectivity index (χ3n) is 4.69. The van der Waals surface area contributed by atoms with Crippen molar-refractivity contribution in [2.75, 3.05) is 0 Å². The van der Waals surface area contributed by atoms with Gasteiger partial charge in [-0.2, -0.15) is 0 Å². The van der Waals surface area contributed by atoms with Crippen LogP contribution in [0.15, 0.2) is 24.3 Å². The largest absolute Gasteiger partial charge is 0.370 e. The molecule has 4 amide bonds. The van der Waals surface area contributed by atoms with Gasteiger partial charge in [0.15, 0.2) is 5.78 Å². The molecule has 0 aromatic heterocycles. The Hall–Kier alpha value is -3.63. The lowest BCUT2D eigenvalue weighted by atomic mass is 10.0. The molecule has 0 aliphatic carbocycles. The highest BCUT2D eigenvalue weighted by molar-refractivity contribution is 6.26. The summed E-state index contributed by atoms with van der Waals surface area (Å²) < 4.78 is 13.1. The van der Waals surface area contributed by atoms with E-state index in [-0.39, 0.29) is 32.2 Å². The van der Waals surface area contributed by atoms with E-state index in [2.05, 4.69) is 16.0 Å². The zero-order valence-electron chi connectivity index (χ0n) is 18.7. The highest BCUT2D eigenvalue weighted by Crippen LogP contribution is 2.06. The lowest BCUT2D eigenvalue weighted by Gasteiger charge is -2.23. The first-order valence-corrected chi connectivity index (χ1v) is 10.5. The van der Waals surface area contributed by atoms with Crippen molar-refractivity contribution in [2.45, 2.75) is 58.2 Å². The fourth-order valence-electron chi connectivity index (χ4n) is 2.71. The van der Waals surface area contributed by atoms with Crippen molar-refractivity contribution in [3.8, 4) is 0 Å². The number of halogens is 1. The Morgan fingerprint density at radius 2 is 1.48 bits per heavy atom. The highest BCUT2D eigenvalue weighted by Gasteiger charge is 2.27. The minimum Gasteiger partial charge on any atom is -0.370 e. The lowest BCUT2D eigenvalue weighted by Crippen LogP contribution is -2.54. The van der Waals surface area contributed by atoms with Gasteiger partial charge in [0, 0.05) is 25.3 Å². The molecule has 0 fully saturated rings. The first kappa shape index (κ1) is 27.4. The summed E-state index contributed by atoms with van der Waals surface area (Å²) in [5.74, 6) is -3.77. The average Bonchev–Trinajstić information content (AvgIpc) is 2.77. The van der Waals surface area contributed by atoms with Gasteiger partial charge in [-0.05, 0) is 30.5 Å². The van der Waals surface area contributed by atoms with Crippen LogP contribution < -0.4 is 21.7 Å². The number of hydrogen-bond donors (Lipinski definition) is 5. The van der Waals surface area contributed by atoms with E-state index in [4.69, 9.17) is 11.1 Å². The third-order valence-corrected chi connectivity index (χ3v) is 4.69. The molecule has 0 bridgehead atoms. The molecule has 2 atom stereocenters. The minimum atomic E-state index is -1.14. The van der Waals surface area contributed by atoms with E-state index in [1.165, 1.54) is 24.3 Å². The van der Waals surface area contributed by atoms with Crippen LogP contribution in [-0.4, -0.2) is 47.7 Å². The normalized spacial score (nSPS) is 12.4. The van der Waals surface area contributed by atoms with E-state index < -0.39 is 53.2 Å². The molecule has 0 radical (unpaired) electrons. The van der Waals surface area contributed by atoms with Crippen LogP contribution in [0.2, 0.25) is 0 Å². The molecule has 0 aliphatic heterocycles. The van der Waals surface area contributed by atoms with Crippen molar-refractivity contribution in [1.82, 2.24) is 16.0 Å². The zero-order valence-corrected chi connectivity index (χ0v) is 18.7. The Balaban J connectivity index is 2.92. The number of Topliss-reactive ketones (excluding diaryl/α,β-unsaturated/α-hetero) is 1. The smallest absolute Gasteiger partial charge is 0.243 e. The minimum absolute atomic E-state index is 0.0548. The Labute approximate surface area is 191 Å². The van der Waals surface area contributed by atoms with Crippen molar-refractivity contribution in [1.29, 1.82) is 5.41 Å². The van der Waals surface area contributed by atoms with Crippen LogP contribution in [0.3, 0.4) is 0 Å². The van der Waals surface area contributed by atoms with Crippen LogP contribution >= 0.6 is 0 Å². The number of primary amides is 1. The predicted octanol–water partition coefficient (Wildman–Crippen LogP) is 0.332. The van der Waals surface area contributed by atoms with Gasteiger partial charge in [-0.15, -0.1) is 0 Å². The van der Waals surface area contributed by atoms with Crippen molar-refractivity contribution in [3.05, 3.63) is 35.6 Å². The molecule has 1 aromatic rings. The summed E-state index contributed by atoms with van der Waals surface area (Å²) in [7, 11) is 0. The van der Waals surface area contributed by atoms with Crippen LogP contribution in [0.1, 0.15) is 45.1 Å². The number of carbonyl (C=O) groups excluding carboxylic acids is 5. The number of rotatable bonds is 14.